The molecule has 0 aliphatic heterocycles. The normalized spacial score (nSPS) is 10.4. The van der Waals surface area contributed by atoms with Crippen molar-refractivity contribution in [3.05, 3.63) is 27.5 Å². The molecule has 2 aromatic rings. The molecule has 0 spiro atoms. The van der Waals surface area contributed by atoms with E-state index >= 15 is 0 Å². The Bertz CT molecular complexity index is 493. The third-order valence-electron chi connectivity index (χ3n) is 1.93. The first-order valence-electron chi connectivity index (χ1n) is 3.93. The fourth-order valence-electron chi connectivity index (χ4n) is 1.23. The number of aromatic nitrogens is 2. The molecule has 0 saturated heterocycles. The van der Waals surface area contributed by atoms with E-state index in [2.05, 4.69) is 37.5 Å². The lowest BCUT2D eigenvalue weighted by molar-refractivity contribution is 0.0599. The average Bonchev–Trinajstić information content (AvgIpc) is 2.62. The molecule has 0 bridgehead atoms. The van der Waals surface area contributed by atoms with Gasteiger partial charge >= 0.3 is 5.97 Å². The van der Waals surface area contributed by atoms with Gasteiger partial charge < -0.3 is 4.74 Å². The number of esters is 1. The molecule has 0 unspecified atom stereocenters. The number of hydrogen-bond donors (Lipinski definition) is 1. The summed E-state index contributed by atoms with van der Waals surface area (Å²) in [5.74, 6) is -0.328. The van der Waals surface area contributed by atoms with Crippen molar-refractivity contribution in [3.63, 3.8) is 0 Å². The highest BCUT2D eigenvalue weighted by Gasteiger charge is 2.11. The number of aromatic amines is 1. The number of benzene rings is 1. The number of nitrogens with one attached hydrogen (secondary N) is 1. The van der Waals surface area contributed by atoms with Crippen LogP contribution in [0.25, 0.3) is 10.9 Å². The molecule has 4 nitrogen and oxygen atoms in total. The van der Waals surface area contributed by atoms with Gasteiger partial charge in [-0.25, -0.2) is 4.79 Å². The smallest absolute Gasteiger partial charge is 0.339 e. The molecule has 0 aliphatic carbocycles. The quantitative estimate of drug-likeness (QED) is 0.647. The number of carbonyl (C=O) groups is 1. The zero-order valence-corrected chi connectivity index (χ0v) is 9.53. The number of ether oxygens (including phenoxy) is 1. The molecule has 0 aliphatic rings. The molecule has 0 atom stereocenters. The lowest BCUT2D eigenvalue weighted by Gasteiger charge is -2.01. The molecule has 1 N–H and O–H groups in total. The first kappa shape index (κ1) is 9.45. The third kappa shape index (κ3) is 1.47. The maximum Gasteiger partial charge on any atom is 0.339 e. The minimum absolute atomic E-state index is 0.328. The lowest BCUT2D eigenvalue weighted by Crippen LogP contribution is -2.03. The van der Waals surface area contributed by atoms with Gasteiger partial charge in [0.2, 0.25) is 0 Å². The number of fused-ring (bicyclic) bond motifs is 1. The zero-order valence-electron chi connectivity index (χ0n) is 7.37. The van der Waals surface area contributed by atoms with Gasteiger partial charge in [-0.15, -0.1) is 0 Å². The largest absolute Gasteiger partial charge is 0.465 e. The fourth-order valence-corrected chi connectivity index (χ4v) is 1.94. The monoisotopic (exact) mass is 302 g/mol. The highest BCUT2D eigenvalue weighted by molar-refractivity contribution is 14.1. The Kier molecular flexibility index (Phi) is 2.40. The fraction of sp³-hybridized carbons (Fsp3) is 0.111. The molecule has 1 aromatic carbocycles. The summed E-state index contributed by atoms with van der Waals surface area (Å²) in [5.41, 5.74) is 1.40. The number of rotatable bonds is 1. The van der Waals surface area contributed by atoms with Crippen molar-refractivity contribution in [3.8, 4) is 0 Å². The molecule has 0 saturated carbocycles. The maximum absolute atomic E-state index is 11.3. The Morgan fingerprint density at radius 2 is 2.36 bits per heavy atom. The summed E-state index contributed by atoms with van der Waals surface area (Å²) in [5, 5.41) is 7.68. The Labute approximate surface area is 93.8 Å². The molecule has 1 aromatic heterocycles. The van der Waals surface area contributed by atoms with Crippen molar-refractivity contribution in [1.29, 1.82) is 0 Å². The highest BCUT2D eigenvalue weighted by atomic mass is 127. The first-order chi connectivity index (χ1) is 6.72. The van der Waals surface area contributed by atoms with E-state index in [0.717, 1.165) is 14.5 Å². The predicted octanol–water partition coefficient (Wildman–Crippen LogP) is 1.95. The minimum Gasteiger partial charge on any atom is -0.465 e. The van der Waals surface area contributed by atoms with Crippen molar-refractivity contribution >= 4 is 39.5 Å². The minimum atomic E-state index is -0.328. The molecule has 72 valence electrons. The summed E-state index contributed by atoms with van der Waals surface area (Å²) in [6, 6.07) is 3.64. The van der Waals surface area contributed by atoms with Crippen LogP contribution in [0.1, 0.15) is 10.4 Å². The molecule has 0 fully saturated rings. The van der Waals surface area contributed by atoms with Crippen molar-refractivity contribution in [2.45, 2.75) is 0 Å². The summed E-state index contributed by atoms with van der Waals surface area (Å²) in [6.07, 6.45) is 1.72. The van der Waals surface area contributed by atoms with Gasteiger partial charge in [-0.05, 0) is 34.7 Å². The number of hydrogen-bond acceptors (Lipinski definition) is 3. The van der Waals surface area contributed by atoms with Crippen molar-refractivity contribution in [2.75, 3.05) is 7.11 Å². The number of H-pyrrole nitrogens is 1. The second-order valence-corrected chi connectivity index (χ2v) is 3.94. The van der Waals surface area contributed by atoms with E-state index in [1.54, 1.807) is 12.3 Å². The van der Waals surface area contributed by atoms with Crippen LogP contribution in [0.2, 0.25) is 0 Å². The molecule has 1 heterocycles. The van der Waals surface area contributed by atoms with Crippen molar-refractivity contribution in [2.24, 2.45) is 0 Å². The van der Waals surface area contributed by atoms with Gasteiger partial charge in [-0.2, -0.15) is 5.10 Å². The van der Waals surface area contributed by atoms with Crippen LogP contribution in [-0.2, 0) is 4.74 Å². The Hall–Kier alpha value is -1.11. The Morgan fingerprint density at radius 3 is 3.07 bits per heavy atom. The van der Waals surface area contributed by atoms with Crippen LogP contribution in [0, 0.1) is 3.57 Å². The zero-order chi connectivity index (χ0) is 10.1. The summed E-state index contributed by atoms with van der Waals surface area (Å²) in [7, 11) is 1.37. The second kappa shape index (κ2) is 3.56. The van der Waals surface area contributed by atoms with Gasteiger partial charge in [0.25, 0.3) is 0 Å². The van der Waals surface area contributed by atoms with Crippen LogP contribution >= 0.6 is 22.6 Å². The molecular formula is C9H7IN2O2. The topological polar surface area (TPSA) is 55.0 Å². The number of methoxy groups -OCH3 is 1. The number of carbonyl (C=O) groups excluding carboxylic acids is 1. The SMILES string of the molecule is COC(=O)c1cc2[nH]ncc2cc1I. The standard InChI is InChI=1S/C9H7IN2O2/c1-14-9(13)6-3-8-5(2-7(6)10)4-11-12-8/h2-4H,1H3,(H,11,12). The van der Waals surface area contributed by atoms with Crippen molar-refractivity contribution in [1.82, 2.24) is 10.2 Å². The molecule has 14 heavy (non-hydrogen) atoms. The van der Waals surface area contributed by atoms with E-state index in [4.69, 9.17) is 0 Å². The second-order valence-electron chi connectivity index (χ2n) is 2.78. The number of halogens is 1. The van der Waals surface area contributed by atoms with Crippen LogP contribution in [0.4, 0.5) is 0 Å². The molecule has 0 amide bonds. The van der Waals surface area contributed by atoms with Gasteiger partial charge in [0, 0.05) is 8.96 Å². The van der Waals surface area contributed by atoms with Crippen molar-refractivity contribution < 1.29 is 9.53 Å². The summed E-state index contributed by atoms with van der Waals surface area (Å²) >= 11 is 2.10. The molecule has 2 rings (SSSR count). The van der Waals surface area contributed by atoms with Crippen LogP contribution in [-0.4, -0.2) is 23.3 Å². The van der Waals surface area contributed by atoms with Crippen LogP contribution in [0.3, 0.4) is 0 Å². The van der Waals surface area contributed by atoms with Gasteiger partial charge in [-0.1, -0.05) is 0 Å². The van der Waals surface area contributed by atoms with Crippen LogP contribution in [0.5, 0.6) is 0 Å². The predicted molar refractivity (Wildman–Crippen MR) is 60.2 cm³/mol. The summed E-state index contributed by atoms with van der Waals surface area (Å²) in [4.78, 5) is 11.3. The van der Waals surface area contributed by atoms with E-state index < -0.39 is 0 Å². The van der Waals surface area contributed by atoms with Gasteiger partial charge in [0.1, 0.15) is 0 Å². The van der Waals surface area contributed by atoms with Gasteiger partial charge in [0.15, 0.2) is 0 Å². The molecular weight excluding hydrogens is 295 g/mol. The first-order valence-corrected chi connectivity index (χ1v) is 5.01. The van der Waals surface area contributed by atoms with E-state index in [9.17, 15) is 4.79 Å². The highest BCUT2D eigenvalue weighted by Crippen LogP contribution is 2.20. The molecule has 0 radical (unpaired) electrons. The van der Waals surface area contributed by atoms with E-state index in [1.165, 1.54) is 7.11 Å². The Balaban J connectivity index is 2.64. The van der Waals surface area contributed by atoms with Gasteiger partial charge in [-0.3, -0.25) is 5.10 Å². The maximum atomic E-state index is 11.3. The van der Waals surface area contributed by atoms with E-state index in [1.807, 2.05) is 6.07 Å². The Morgan fingerprint density at radius 1 is 1.57 bits per heavy atom. The lowest BCUT2D eigenvalue weighted by atomic mass is 10.2. The van der Waals surface area contributed by atoms with E-state index in [0.29, 0.717) is 5.56 Å². The summed E-state index contributed by atoms with van der Waals surface area (Å²) < 4.78 is 5.53. The summed E-state index contributed by atoms with van der Waals surface area (Å²) in [6.45, 7) is 0. The van der Waals surface area contributed by atoms with E-state index in [-0.39, 0.29) is 5.97 Å². The van der Waals surface area contributed by atoms with Gasteiger partial charge in [0.05, 0.1) is 24.4 Å². The molecule has 5 heteroatoms. The third-order valence-corrected chi connectivity index (χ3v) is 2.83. The number of nitrogens with zero attached hydrogens (tertiary/aromatic N) is 1. The van der Waals surface area contributed by atoms with Crippen LogP contribution in [0.15, 0.2) is 18.3 Å². The van der Waals surface area contributed by atoms with Crippen LogP contribution < -0.4 is 0 Å². The average molecular weight is 302 g/mol.